The Labute approximate surface area is 312 Å². The summed E-state index contributed by atoms with van der Waals surface area (Å²) in [4.78, 5) is 10.5. The lowest BCUT2D eigenvalue weighted by atomic mass is 9.92. The zero-order chi connectivity index (χ0) is 35.1. The van der Waals surface area contributed by atoms with Crippen LogP contribution in [0.5, 0.6) is 0 Å². The third-order valence-corrected chi connectivity index (χ3v) is 11.2. The quantitative estimate of drug-likeness (QED) is 0.173. The van der Waals surface area contributed by atoms with Crippen molar-refractivity contribution in [1.82, 2.24) is 9.97 Å². The molecular weight excluding hydrogens is 661 g/mol. The molecule has 0 saturated carbocycles. The number of fused-ring (bicyclic) bond motifs is 4. The lowest BCUT2D eigenvalue weighted by Crippen LogP contribution is -1.97. The van der Waals surface area contributed by atoms with Gasteiger partial charge < -0.3 is 0 Å². The summed E-state index contributed by atoms with van der Waals surface area (Å²) < 4.78 is 2.61. The molecule has 0 atom stereocenters. The Morgan fingerprint density at radius 3 is 1.55 bits per heavy atom. The van der Waals surface area contributed by atoms with Crippen molar-refractivity contribution in [2.75, 3.05) is 0 Å². The molecule has 0 aliphatic carbocycles. The van der Waals surface area contributed by atoms with Gasteiger partial charge in [-0.15, -0.1) is 11.3 Å². The first-order chi connectivity index (χ1) is 26.2. The van der Waals surface area contributed by atoms with Crippen molar-refractivity contribution in [3.8, 4) is 67.3 Å². The summed E-state index contributed by atoms with van der Waals surface area (Å²) in [6, 6.07) is 69.3. The molecule has 53 heavy (non-hydrogen) atoms. The summed E-state index contributed by atoms with van der Waals surface area (Å²) in [7, 11) is 0. The van der Waals surface area contributed by atoms with Gasteiger partial charge in [-0.2, -0.15) is 0 Å². The third-order valence-electron chi connectivity index (χ3n) is 10.1. The van der Waals surface area contributed by atoms with E-state index in [0.717, 1.165) is 50.2 Å². The van der Waals surface area contributed by atoms with Gasteiger partial charge >= 0.3 is 0 Å². The zero-order valence-corrected chi connectivity index (χ0v) is 29.6. The number of hydrogen-bond acceptors (Lipinski definition) is 3. The van der Waals surface area contributed by atoms with E-state index in [1.165, 1.54) is 42.2 Å². The maximum absolute atomic E-state index is 5.29. The topological polar surface area (TPSA) is 25.8 Å². The molecule has 0 saturated heterocycles. The predicted molar refractivity (Wildman–Crippen MR) is 225 cm³/mol. The van der Waals surface area contributed by atoms with Gasteiger partial charge in [-0.05, 0) is 86.6 Å². The Morgan fingerprint density at radius 1 is 0.283 bits per heavy atom. The molecule has 8 aromatic carbocycles. The lowest BCUT2D eigenvalue weighted by Gasteiger charge is -2.15. The van der Waals surface area contributed by atoms with Gasteiger partial charge in [-0.1, -0.05) is 152 Å². The minimum Gasteiger partial charge on any atom is -0.228 e. The average Bonchev–Trinajstić information content (AvgIpc) is 3.62. The molecular formula is C50H32N2S. The molecule has 3 heteroatoms. The number of hydrogen-bond donors (Lipinski definition) is 0. The fraction of sp³-hybridized carbons (Fsp3) is 0. The number of benzene rings is 8. The van der Waals surface area contributed by atoms with E-state index in [1.807, 2.05) is 29.5 Å². The summed E-state index contributed by atoms with van der Waals surface area (Å²) in [5, 5.41) is 4.94. The lowest BCUT2D eigenvalue weighted by molar-refractivity contribution is 1.18. The largest absolute Gasteiger partial charge is 0.228 e. The first kappa shape index (κ1) is 31.1. The van der Waals surface area contributed by atoms with Crippen LogP contribution in [0.3, 0.4) is 0 Å². The van der Waals surface area contributed by atoms with E-state index < -0.39 is 0 Å². The molecule has 2 aromatic heterocycles. The van der Waals surface area contributed by atoms with Gasteiger partial charge in [-0.3, -0.25) is 0 Å². The van der Waals surface area contributed by atoms with Crippen molar-refractivity contribution in [3.05, 3.63) is 194 Å². The Balaban J connectivity index is 1.20. The monoisotopic (exact) mass is 692 g/mol. The second-order valence-corrected chi connectivity index (χ2v) is 14.5. The number of aromatic nitrogens is 2. The Hall–Kier alpha value is -6.68. The highest BCUT2D eigenvalue weighted by atomic mass is 32.1. The van der Waals surface area contributed by atoms with Crippen molar-refractivity contribution >= 4 is 42.3 Å². The van der Waals surface area contributed by atoms with E-state index in [2.05, 4.69) is 176 Å². The molecule has 10 aromatic rings. The van der Waals surface area contributed by atoms with Crippen LogP contribution in [0.2, 0.25) is 0 Å². The van der Waals surface area contributed by atoms with E-state index in [-0.39, 0.29) is 0 Å². The second-order valence-electron chi connectivity index (χ2n) is 13.4. The van der Waals surface area contributed by atoms with Crippen molar-refractivity contribution in [2.24, 2.45) is 0 Å². The van der Waals surface area contributed by atoms with Crippen LogP contribution in [0.1, 0.15) is 0 Å². The minimum absolute atomic E-state index is 0.701. The molecule has 0 aliphatic rings. The predicted octanol–water partition coefficient (Wildman–Crippen LogP) is 14.0. The summed E-state index contributed by atoms with van der Waals surface area (Å²) in [6.07, 6.45) is 0. The van der Waals surface area contributed by atoms with Crippen LogP contribution in [0.4, 0.5) is 0 Å². The van der Waals surface area contributed by atoms with Crippen molar-refractivity contribution in [2.45, 2.75) is 0 Å². The van der Waals surface area contributed by atoms with Gasteiger partial charge in [0.15, 0.2) is 5.82 Å². The first-order valence-electron chi connectivity index (χ1n) is 17.9. The first-order valence-corrected chi connectivity index (χ1v) is 18.7. The van der Waals surface area contributed by atoms with Gasteiger partial charge in [0.2, 0.25) is 0 Å². The van der Waals surface area contributed by atoms with E-state index in [9.17, 15) is 0 Å². The zero-order valence-electron chi connectivity index (χ0n) is 28.8. The maximum Gasteiger partial charge on any atom is 0.160 e. The van der Waals surface area contributed by atoms with E-state index >= 15 is 0 Å². The number of thiophene rings is 1. The molecule has 0 N–H and O–H groups in total. The summed E-state index contributed by atoms with van der Waals surface area (Å²) in [5.41, 5.74) is 11.9. The molecule has 248 valence electrons. The van der Waals surface area contributed by atoms with Gasteiger partial charge in [0.25, 0.3) is 0 Å². The summed E-state index contributed by atoms with van der Waals surface area (Å²) >= 11 is 1.85. The molecule has 0 bridgehead atoms. The van der Waals surface area contributed by atoms with Gasteiger partial charge in [0.05, 0.1) is 11.4 Å². The van der Waals surface area contributed by atoms with Crippen molar-refractivity contribution in [1.29, 1.82) is 0 Å². The van der Waals surface area contributed by atoms with E-state index in [0.29, 0.717) is 5.82 Å². The van der Waals surface area contributed by atoms with E-state index in [4.69, 9.17) is 9.97 Å². The van der Waals surface area contributed by atoms with Crippen LogP contribution >= 0.6 is 11.3 Å². The summed E-state index contributed by atoms with van der Waals surface area (Å²) in [5.74, 6) is 0.701. The van der Waals surface area contributed by atoms with Crippen LogP contribution in [0, 0.1) is 0 Å². The molecule has 0 spiro atoms. The van der Waals surface area contributed by atoms with Gasteiger partial charge in [0, 0.05) is 36.9 Å². The van der Waals surface area contributed by atoms with Gasteiger partial charge in [0.1, 0.15) is 0 Å². The highest BCUT2D eigenvalue weighted by Crippen LogP contribution is 2.40. The van der Waals surface area contributed by atoms with Crippen molar-refractivity contribution < 1.29 is 0 Å². The maximum atomic E-state index is 5.29. The van der Waals surface area contributed by atoms with E-state index in [1.54, 1.807) is 0 Å². The van der Waals surface area contributed by atoms with Crippen LogP contribution in [0.15, 0.2) is 194 Å². The van der Waals surface area contributed by atoms with Crippen LogP contribution < -0.4 is 0 Å². The molecule has 0 fully saturated rings. The highest BCUT2D eigenvalue weighted by molar-refractivity contribution is 7.25. The Bertz CT molecular complexity index is 2930. The molecule has 0 aliphatic heterocycles. The minimum atomic E-state index is 0.701. The fourth-order valence-electron chi connectivity index (χ4n) is 7.49. The number of rotatable bonds is 6. The van der Waals surface area contributed by atoms with Crippen LogP contribution in [-0.2, 0) is 0 Å². The van der Waals surface area contributed by atoms with Crippen LogP contribution in [0.25, 0.3) is 98.2 Å². The number of nitrogens with zero attached hydrogens (tertiary/aromatic N) is 2. The fourth-order valence-corrected chi connectivity index (χ4v) is 8.57. The SMILES string of the molecule is c1ccc(-c2cc(-c3ccc4sc5ccccc5c4c3)cc(-c3cc(-c4ccc(-c5ccccc5)c5ccccc45)nc(-c4ccccc4)n3)c2)cc1. The van der Waals surface area contributed by atoms with Crippen LogP contribution in [-0.4, -0.2) is 9.97 Å². The normalized spacial score (nSPS) is 11.4. The standard InChI is InChI=1S/C50H32N2S/c1-4-14-33(15-5-1)37-28-38(36-24-27-49-45(31-36)44-22-12-13-23-48(44)53-49)30-39(29-37)46-32-47(52-50(51-46)35-18-8-3-9-19-35)43-26-25-40(34-16-6-2-7-17-34)41-20-10-11-21-42(41)43/h1-32H. The third kappa shape index (κ3) is 5.78. The molecule has 0 radical (unpaired) electrons. The highest BCUT2D eigenvalue weighted by Gasteiger charge is 2.17. The molecule has 0 amide bonds. The molecule has 0 unspecified atom stereocenters. The van der Waals surface area contributed by atoms with Crippen molar-refractivity contribution in [3.63, 3.8) is 0 Å². The molecule has 10 rings (SSSR count). The second kappa shape index (κ2) is 13.1. The van der Waals surface area contributed by atoms with Gasteiger partial charge in [-0.25, -0.2) is 9.97 Å². The molecule has 2 nitrogen and oxygen atoms in total. The molecule has 2 heterocycles. The Kier molecular flexibility index (Phi) is 7.71. The smallest absolute Gasteiger partial charge is 0.160 e. The average molecular weight is 693 g/mol. The Morgan fingerprint density at radius 2 is 0.811 bits per heavy atom. The summed E-state index contributed by atoms with van der Waals surface area (Å²) in [6.45, 7) is 0.